The van der Waals surface area contributed by atoms with E-state index in [9.17, 15) is 0 Å². The first kappa shape index (κ1) is 44.0. The number of hydrogen-bond donors (Lipinski definition) is 0. The Morgan fingerprint density at radius 1 is 0.360 bits per heavy atom. The third-order valence-corrected chi connectivity index (χ3v) is 15.4. The summed E-state index contributed by atoms with van der Waals surface area (Å²) in [5.74, 6) is 1.84. The Bertz CT molecular complexity index is 4250. The smallest absolute Gasteiger partial charge is 0.143 e. The van der Waals surface area contributed by atoms with Gasteiger partial charge in [0.1, 0.15) is 22.7 Å². The van der Waals surface area contributed by atoms with Crippen LogP contribution in [0.1, 0.15) is 29.2 Å². The Morgan fingerprint density at radius 3 is 1.45 bits per heavy atom. The van der Waals surface area contributed by atoms with Crippen LogP contribution in [-0.2, 0) is 5.41 Å². The highest BCUT2D eigenvalue weighted by atomic mass is 16.5. The van der Waals surface area contributed by atoms with Crippen molar-refractivity contribution >= 4 is 60.5 Å². The molecule has 2 aliphatic rings. The molecule has 0 saturated carbocycles. The average molecular weight is 960 g/mol. The zero-order chi connectivity index (χ0) is 50.0. The fourth-order valence-corrected chi connectivity index (χ4v) is 12.1. The first-order chi connectivity index (χ1) is 37.1. The molecule has 0 unspecified atom stereocenters. The van der Waals surface area contributed by atoms with Crippen molar-refractivity contribution in [1.82, 2.24) is 0 Å². The van der Waals surface area contributed by atoms with Gasteiger partial charge in [0, 0.05) is 55.3 Å². The number of fused-ring (bicyclic) bond motifs is 16. The van der Waals surface area contributed by atoms with Gasteiger partial charge in [-0.2, -0.15) is 0 Å². The van der Waals surface area contributed by atoms with Crippen LogP contribution >= 0.6 is 0 Å². The fourth-order valence-electron chi connectivity index (χ4n) is 12.1. The molecule has 12 aromatic carbocycles. The van der Waals surface area contributed by atoms with Gasteiger partial charge in [0.25, 0.3) is 0 Å². The van der Waals surface area contributed by atoms with Gasteiger partial charge in [-0.3, -0.25) is 0 Å². The quantitative estimate of drug-likeness (QED) is 0.155. The van der Waals surface area contributed by atoms with E-state index in [4.69, 9.17) is 9.15 Å². The lowest BCUT2D eigenvalue weighted by molar-refractivity contribution is 0.447. The highest BCUT2D eigenvalue weighted by Gasteiger charge is 2.52. The number of ether oxygens (including phenoxy) is 1. The highest BCUT2D eigenvalue weighted by molar-refractivity contribution is 6.10. The van der Waals surface area contributed by atoms with Crippen LogP contribution in [0.3, 0.4) is 0 Å². The molecule has 1 aromatic heterocycles. The lowest BCUT2D eigenvalue weighted by Crippen LogP contribution is -2.32. The second-order valence-corrected chi connectivity index (χ2v) is 19.5. The number of hydrogen-bond acceptors (Lipinski definition) is 3. The number of nitrogens with zero attached hydrogens (tertiary/aromatic N) is 1. The summed E-state index contributed by atoms with van der Waals surface area (Å²) in [5, 5.41) is 6.80. The van der Waals surface area contributed by atoms with Gasteiger partial charge in [0.05, 0.1) is 5.41 Å². The Balaban J connectivity index is 0.00000168. The lowest BCUT2D eigenvalue weighted by atomic mass is 9.65. The normalized spacial score (nSPS) is 12.6. The van der Waals surface area contributed by atoms with Crippen molar-refractivity contribution in [2.24, 2.45) is 0 Å². The summed E-state index contributed by atoms with van der Waals surface area (Å²) in [4.78, 5) is 2.36. The second kappa shape index (κ2) is 17.8. The summed E-state index contributed by atoms with van der Waals surface area (Å²) < 4.78 is 13.7. The molecule has 0 saturated heterocycles. The van der Waals surface area contributed by atoms with Crippen LogP contribution in [0.15, 0.2) is 278 Å². The average Bonchev–Trinajstić information content (AvgIpc) is 4.05. The van der Waals surface area contributed by atoms with Gasteiger partial charge >= 0.3 is 0 Å². The fraction of sp³-hybridized carbons (Fsp3) is 0.0278. The van der Waals surface area contributed by atoms with Gasteiger partial charge < -0.3 is 14.1 Å². The van der Waals surface area contributed by atoms with E-state index in [2.05, 4.69) is 260 Å². The zero-order valence-corrected chi connectivity index (χ0v) is 41.4. The van der Waals surface area contributed by atoms with Gasteiger partial charge in [-0.15, -0.1) is 6.58 Å². The minimum Gasteiger partial charge on any atom is -0.455 e. The lowest BCUT2D eigenvalue weighted by Gasteiger charge is -2.40. The molecule has 1 aliphatic carbocycles. The van der Waals surface area contributed by atoms with Crippen molar-refractivity contribution in [2.75, 3.05) is 4.90 Å². The van der Waals surface area contributed by atoms with Gasteiger partial charge in [0.15, 0.2) is 0 Å². The van der Waals surface area contributed by atoms with Gasteiger partial charge in [-0.1, -0.05) is 224 Å². The predicted molar refractivity (Wildman–Crippen MR) is 313 cm³/mol. The minimum atomic E-state index is -0.621. The molecule has 3 nitrogen and oxygen atoms in total. The summed E-state index contributed by atoms with van der Waals surface area (Å²) >= 11 is 0. The highest BCUT2D eigenvalue weighted by Crippen LogP contribution is 2.65. The maximum atomic E-state index is 7.22. The van der Waals surface area contributed by atoms with Gasteiger partial charge in [-0.25, -0.2) is 0 Å². The molecule has 13 aromatic rings. The molecule has 0 radical (unpaired) electrons. The maximum Gasteiger partial charge on any atom is 0.143 e. The van der Waals surface area contributed by atoms with Crippen LogP contribution in [0.2, 0.25) is 0 Å². The molecule has 0 fully saturated rings. The number of anilines is 3. The summed E-state index contributed by atoms with van der Waals surface area (Å²) in [6.45, 7) is 5.25. The molecular weight excluding hydrogens is 911 g/mol. The van der Waals surface area contributed by atoms with E-state index in [1.165, 1.54) is 38.9 Å². The Morgan fingerprint density at radius 2 is 0.813 bits per heavy atom. The van der Waals surface area contributed by atoms with Crippen molar-refractivity contribution in [3.05, 3.63) is 296 Å². The minimum absolute atomic E-state index is 0.621. The number of rotatable bonds is 6. The SMILES string of the molecule is C=CC.c1ccc(-c2ccc(N(c3ccc(-c4cccc5c4-c4ccccc4C54c5ccc6ccccc6c5Oc5c4ccc4ccccc54)cc3)c3ccc(-c4cccc5c4oc4ccccc45)cc3)cc2)cc1. The van der Waals surface area contributed by atoms with E-state index in [1.807, 2.05) is 19.1 Å². The third-order valence-electron chi connectivity index (χ3n) is 15.4. The van der Waals surface area contributed by atoms with Crippen LogP contribution in [-0.4, -0.2) is 0 Å². The van der Waals surface area contributed by atoms with E-state index < -0.39 is 5.41 Å². The topological polar surface area (TPSA) is 25.6 Å². The zero-order valence-electron chi connectivity index (χ0n) is 41.4. The van der Waals surface area contributed by atoms with E-state index in [1.54, 1.807) is 6.08 Å². The van der Waals surface area contributed by atoms with Crippen molar-refractivity contribution < 1.29 is 9.15 Å². The molecule has 15 rings (SSSR count). The van der Waals surface area contributed by atoms with Crippen molar-refractivity contribution in [2.45, 2.75) is 12.3 Å². The molecule has 75 heavy (non-hydrogen) atoms. The molecule has 0 bridgehead atoms. The van der Waals surface area contributed by atoms with E-state index in [0.29, 0.717) is 0 Å². The Hall–Kier alpha value is -9.70. The maximum absolute atomic E-state index is 7.22. The third kappa shape index (κ3) is 6.89. The molecule has 1 spiro atoms. The molecular formula is C72H49NO2. The van der Waals surface area contributed by atoms with E-state index >= 15 is 0 Å². The molecule has 2 heterocycles. The Kier molecular flexibility index (Phi) is 10.5. The summed E-state index contributed by atoms with van der Waals surface area (Å²) in [6.07, 6.45) is 1.75. The molecule has 354 valence electrons. The van der Waals surface area contributed by atoms with Gasteiger partial charge in [0.2, 0.25) is 0 Å². The van der Waals surface area contributed by atoms with E-state index in [0.717, 1.165) is 99.9 Å². The number of allylic oxidation sites excluding steroid dienone is 1. The molecule has 3 heteroatoms. The van der Waals surface area contributed by atoms with Crippen LogP contribution in [0, 0.1) is 0 Å². The first-order valence-corrected chi connectivity index (χ1v) is 25.7. The summed E-state index contributed by atoms with van der Waals surface area (Å²) in [6, 6.07) is 94.6. The second-order valence-electron chi connectivity index (χ2n) is 19.5. The standard InChI is InChI=1S/C69H43NO2.C3H6/c1-2-14-44(15-3-1)45-28-36-50(37-29-45)70(52-40-32-49(33-41-52)54-23-12-24-58-57-20-9-11-27-64(57)71-66(54)58)51-38-30-48(31-39-51)53-22-13-26-61-65(53)59-21-8-10-25-60(59)69(61)62-42-34-46-16-4-6-18-55(46)67(62)72-68-56-19-7-5-17-47(56)35-43-63(68)69;1-3-2/h1-43H;3H,1H2,2H3. The summed E-state index contributed by atoms with van der Waals surface area (Å²) in [7, 11) is 0. The summed E-state index contributed by atoms with van der Waals surface area (Å²) in [5.41, 5.74) is 18.6. The first-order valence-electron chi connectivity index (χ1n) is 25.7. The van der Waals surface area contributed by atoms with Crippen molar-refractivity contribution in [3.8, 4) is 56.0 Å². The van der Waals surface area contributed by atoms with E-state index in [-0.39, 0.29) is 0 Å². The van der Waals surface area contributed by atoms with Crippen LogP contribution in [0.5, 0.6) is 11.5 Å². The van der Waals surface area contributed by atoms with Crippen LogP contribution < -0.4 is 9.64 Å². The van der Waals surface area contributed by atoms with Crippen molar-refractivity contribution in [1.29, 1.82) is 0 Å². The molecule has 0 N–H and O–H groups in total. The van der Waals surface area contributed by atoms with Crippen LogP contribution in [0.4, 0.5) is 17.1 Å². The largest absolute Gasteiger partial charge is 0.455 e. The van der Waals surface area contributed by atoms with Crippen molar-refractivity contribution in [3.63, 3.8) is 0 Å². The number of benzene rings is 12. The monoisotopic (exact) mass is 959 g/mol. The van der Waals surface area contributed by atoms with Gasteiger partial charge in [-0.05, 0) is 110 Å². The molecule has 0 atom stereocenters. The predicted octanol–water partition coefficient (Wildman–Crippen LogP) is 20.0. The number of para-hydroxylation sites is 2. The Labute approximate surface area is 436 Å². The molecule has 1 aliphatic heterocycles. The van der Waals surface area contributed by atoms with Crippen LogP contribution in [0.25, 0.3) is 88.0 Å². The molecule has 0 amide bonds. The number of furan rings is 1.